The minimum Gasteiger partial charge on any atom is -0.388 e. The summed E-state index contributed by atoms with van der Waals surface area (Å²) in [5.74, 6) is 1.42. The van der Waals surface area contributed by atoms with Crippen LogP contribution in [0, 0.1) is 31.1 Å². The van der Waals surface area contributed by atoms with Crippen molar-refractivity contribution < 1.29 is 5.11 Å². The summed E-state index contributed by atoms with van der Waals surface area (Å²) in [5.41, 5.74) is 9.56. The van der Waals surface area contributed by atoms with Crippen molar-refractivity contribution in [3.63, 3.8) is 0 Å². The largest absolute Gasteiger partial charge is 0.388 e. The molecule has 0 spiro atoms. The van der Waals surface area contributed by atoms with Gasteiger partial charge in [0.05, 0.1) is 6.10 Å². The highest BCUT2D eigenvalue weighted by Gasteiger charge is 2.54. The van der Waals surface area contributed by atoms with Gasteiger partial charge in [-0.25, -0.2) is 0 Å². The molecule has 2 heteroatoms. The van der Waals surface area contributed by atoms with Crippen molar-refractivity contribution in [2.75, 3.05) is 6.54 Å². The van der Waals surface area contributed by atoms with E-state index in [2.05, 4.69) is 32.0 Å². The molecule has 2 fully saturated rings. The highest BCUT2D eigenvalue weighted by molar-refractivity contribution is 5.34. The molecule has 2 nitrogen and oxygen atoms in total. The molecule has 4 unspecified atom stereocenters. The lowest BCUT2D eigenvalue weighted by molar-refractivity contribution is -0.0134. The lowest BCUT2D eigenvalue weighted by atomic mass is 9.67. The normalized spacial score (nSPS) is 34.7. The number of benzene rings is 1. The van der Waals surface area contributed by atoms with Crippen LogP contribution in [0.4, 0.5) is 0 Å². The molecule has 2 saturated carbocycles. The second kappa shape index (κ2) is 4.60. The van der Waals surface area contributed by atoms with E-state index in [-0.39, 0.29) is 5.41 Å². The first-order valence-electron chi connectivity index (χ1n) is 7.52. The Bertz CT molecular complexity index is 484. The summed E-state index contributed by atoms with van der Waals surface area (Å²) in [6.07, 6.45) is 4.59. The first kappa shape index (κ1) is 13.1. The molecule has 0 saturated heterocycles. The van der Waals surface area contributed by atoms with Crippen LogP contribution in [0.2, 0.25) is 0 Å². The molecule has 0 amide bonds. The third-order valence-electron chi connectivity index (χ3n) is 5.68. The van der Waals surface area contributed by atoms with Crippen LogP contribution in [0.5, 0.6) is 0 Å². The van der Waals surface area contributed by atoms with Crippen molar-refractivity contribution in [1.29, 1.82) is 0 Å². The maximum Gasteiger partial charge on any atom is 0.0863 e. The fourth-order valence-electron chi connectivity index (χ4n) is 4.55. The van der Waals surface area contributed by atoms with Gasteiger partial charge in [0, 0.05) is 12.0 Å². The molecule has 0 aliphatic heterocycles. The average molecular weight is 259 g/mol. The van der Waals surface area contributed by atoms with Crippen LogP contribution < -0.4 is 5.73 Å². The fourth-order valence-corrected chi connectivity index (χ4v) is 4.55. The zero-order chi connectivity index (χ0) is 13.6. The quantitative estimate of drug-likeness (QED) is 0.876. The van der Waals surface area contributed by atoms with Gasteiger partial charge in [-0.15, -0.1) is 0 Å². The van der Waals surface area contributed by atoms with Crippen LogP contribution in [0.25, 0.3) is 0 Å². The van der Waals surface area contributed by atoms with Gasteiger partial charge in [-0.1, -0.05) is 30.2 Å². The summed E-state index contributed by atoms with van der Waals surface area (Å²) in [5, 5.41) is 11.0. The van der Waals surface area contributed by atoms with Gasteiger partial charge in [0.2, 0.25) is 0 Å². The molecule has 2 aliphatic rings. The van der Waals surface area contributed by atoms with Crippen LogP contribution in [0.15, 0.2) is 18.2 Å². The van der Waals surface area contributed by atoms with Crippen molar-refractivity contribution >= 4 is 0 Å². The van der Waals surface area contributed by atoms with Gasteiger partial charge in [0.15, 0.2) is 0 Å². The maximum absolute atomic E-state index is 11.0. The fraction of sp³-hybridized carbons (Fsp3) is 0.647. The summed E-state index contributed by atoms with van der Waals surface area (Å²) in [6, 6.07) is 6.37. The molecule has 0 aromatic heterocycles. The molecule has 104 valence electrons. The predicted octanol–water partition coefficient (Wildman–Crippen LogP) is 3.10. The first-order chi connectivity index (χ1) is 9.06. The minimum absolute atomic E-state index is 0.0680. The number of aryl methyl sites for hydroxylation is 2. The summed E-state index contributed by atoms with van der Waals surface area (Å²) in [7, 11) is 0. The molecular formula is C17H25NO. The molecule has 0 radical (unpaired) electrons. The Balaban J connectivity index is 1.98. The average Bonchev–Trinajstić information content (AvgIpc) is 3.01. The number of nitrogens with two attached hydrogens (primary N) is 1. The maximum atomic E-state index is 11.0. The van der Waals surface area contributed by atoms with E-state index in [0.29, 0.717) is 12.5 Å². The zero-order valence-electron chi connectivity index (χ0n) is 12.0. The first-order valence-corrected chi connectivity index (χ1v) is 7.52. The molecule has 19 heavy (non-hydrogen) atoms. The molecule has 4 atom stereocenters. The zero-order valence-corrected chi connectivity index (χ0v) is 12.0. The van der Waals surface area contributed by atoms with E-state index in [1.54, 1.807) is 0 Å². The Labute approximate surface area is 116 Å². The number of hydrogen-bond donors (Lipinski definition) is 2. The van der Waals surface area contributed by atoms with Crippen LogP contribution in [0.3, 0.4) is 0 Å². The van der Waals surface area contributed by atoms with E-state index in [1.807, 2.05) is 0 Å². The van der Waals surface area contributed by atoms with Gasteiger partial charge < -0.3 is 10.8 Å². The topological polar surface area (TPSA) is 46.2 Å². The molecule has 3 N–H and O–H groups in total. The molecular weight excluding hydrogens is 234 g/mol. The third-order valence-corrected chi connectivity index (χ3v) is 5.68. The Morgan fingerprint density at radius 2 is 2.16 bits per heavy atom. The van der Waals surface area contributed by atoms with E-state index in [9.17, 15) is 5.11 Å². The van der Waals surface area contributed by atoms with E-state index in [1.165, 1.54) is 30.4 Å². The van der Waals surface area contributed by atoms with Crippen molar-refractivity contribution in [3.05, 3.63) is 34.9 Å². The molecule has 3 rings (SSSR count). The Hall–Kier alpha value is -0.860. The lowest BCUT2D eigenvalue weighted by Gasteiger charge is -2.41. The van der Waals surface area contributed by atoms with E-state index >= 15 is 0 Å². The number of fused-ring (bicyclic) bond motifs is 2. The van der Waals surface area contributed by atoms with E-state index < -0.39 is 6.10 Å². The van der Waals surface area contributed by atoms with E-state index in [0.717, 1.165) is 17.9 Å². The minimum atomic E-state index is -0.396. The van der Waals surface area contributed by atoms with Gasteiger partial charge in [0.1, 0.15) is 0 Å². The van der Waals surface area contributed by atoms with Gasteiger partial charge in [0.25, 0.3) is 0 Å². The molecule has 2 bridgehead atoms. The number of aliphatic hydroxyl groups is 1. The summed E-state index contributed by atoms with van der Waals surface area (Å²) >= 11 is 0. The van der Waals surface area contributed by atoms with Crippen LogP contribution in [-0.2, 0) is 0 Å². The standard InChI is InChI=1S/C17H25NO/c1-11-3-4-12(2)15(7-11)16(19)17(10-18)9-13-5-6-14(17)8-13/h3-4,7,13-14,16,19H,5-6,8-10,18H2,1-2H3. The van der Waals surface area contributed by atoms with Gasteiger partial charge in [-0.2, -0.15) is 0 Å². The van der Waals surface area contributed by atoms with Gasteiger partial charge in [-0.05, 0) is 56.1 Å². The number of hydrogen-bond acceptors (Lipinski definition) is 2. The summed E-state index contributed by atoms with van der Waals surface area (Å²) in [6.45, 7) is 4.80. The van der Waals surface area contributed by atoms with Gasteiger partial charge >= 0.3 is 0 Å². The van der Waals surface area contributed by atoms with Crippen molar-refractivity contribution in [1.82, 2.24) is 0 Å². The number of rotatable bonds is 3. The summed E-state index contributed by atoms with van der Waals surface area (Å²) < 4.78 is 0. The molecule has 2 aliphatic carbocycles. The van der Waals surface area contributed by atoms with Crippen molar-refractivity contribution in [3.8, 4) is 0 Å². The highest BCUT2D eigenvalue weighted by atomic mass is 16.3. The second-order valence-corrected chi connectivity index (χ2v) is 6.78. The highest BCUT2D eigenvalue weighted by Crippen LogP contribution is 2.60. The van der Waals surface area contributed by atoms with Crippen molar-refractivity contribution in [2.45, 2.75) is 45.6 Å². The molecule has 1 aromatic rings. The second-order valence-electron chi connectivity index (χ2n) is 6.78. The Morgan fingerprint density at radius 3 is 2.74 bits per heavy atom. The SMILES string of the molecule is Cc1ccc(C)c(C(O)C2(CN)CC3CCC2C3)c1. The van der Waals surface area contributed by atoms with Crippen LogP contribution >= 0.6 is 0 Å². The monoisotopic (exact) mass is 259 g/mol. The Kier molecular flexibility index (Phi) is 3.18. The number of aliphatic hydroxyl groups excluding tert-OH is 1. The third kappa shape index (κ3) is 1.93. The van der Waals surface area contributed by atoms with Gasteiger partial charge in [-0.3, -0.25) is 0 Å². The smallest absolute Gasteiger partial charge is 0.0863 e. The summed E-state index contributed by atoms with van der Waals surface area (Å²) in [4.78, 5) is 0. The predicted molar refractivity (Wildman–Crippen MR) is 77.8 cm³/mol. The van der Waals surface area contributed by atoms with E-state index in [4.69, 9.17) is 5.73 Å². The van der Waals surface area contributed by atoms with Crippen LogP contribution in [0.1, 0.15) is 48.5 Å². The van der Waals surface area contributed by atoms with Crippen molar-refractivity contribution in [2.24, 2.45) is 23.0 Å². The van der Waals surface area contributed by atoms with Crippen LogP contribution in [-0.4, -0.2) is 11.7 Å². The Morgan fingerprint density at radius 1 is 1.37 bits per heavy atom. The lowest BCUT2D eigenvalue weighted by Crippen LogP contribution is -2.41. The molecule has 1 aromatic carbocycles. The molecule has 0 heterocycles.